The summed E-state index contributed by atoms with van der Waals surface area (Å²) in [5.41, 5.74) is 1.02. The van der Waals surface area contributed by atoms with Crippen LogP contribution in [0.15, 0.2) is 36.5 Å². The number of rotatable bonds is 1. The van der Waals surface area contributed by atoms with E-state index in [0.29, 0.717) is 19.5 Å². The Hall–Kier alpha value is -1.94. The molecular formula is C19H22N2O2. The predicted octanol–water partition coefficient (Wildman–Crippen LogP) is 3.00. The minimum atomic E-state index is -0.546. The number of piperidine rings is 1. The van der Waals surface area contributed by atoms with Gasteiger partial charge in [-0.25, -0.2) is 0 Å². The molecule has 0 bridgehead atoms. The third-order valence-electron chi connectivity index (χ3n) is 5.59. The van der Waals surface area contributed by atoms with Crippen LogP contribution in [0.25, 0.3) is 10.9 Å². The van der Waals surface area contributed by atoms with E-state index >= 15 is 0 Å². The van der Waals surface area contributed by atoms with E-state index in [1.165, 1.54) is 0 Å². The maximum Gasteiger partial charge on any atom is 0.254 e. The number of aliphatic hydroxyl groups is 1. The monoisotopic (exact) mass is 310 g/mol. The van der Waals surface area contributed by atoms with Crippen molar-refractivity contribution in [1.82, 2.24) is 9.88 Å². The van der Waals surface area contributed by atoms with Crippen LogP contribution in [-0.4, -0.2) is 39.6 Å². The molecule has 1 N–H and O–H groups in total. The van der Waals surface area contributed by atoms with E-state index in [-0.39, 0.29) is 11.8 Å². The van der Waals surface area contributed by atoms with Gasteiger partial charge in [0.1, 0.15) is 0 Å². The van der Waals surface area contributed by atoms with Crippen LogP contribution in [0.2, 0.25) is 0 Å². The zero-order chi connectivity index (χ0) is 15.9. The first kappa shape index (κ1) is 14.6. The van der Waals surface area contributed by atoms with Crippen LogP contribution in [0, 0.1) is 5.92 Å². The van der Waals surface area contributed by atoms with Crippen molar-refractivity contribution in [3.63, 3.8) is 0 Å². The first-order valence-electron chi connectivity index (χ1n) is 8.53. The molecule has 0 spiro atoms. The first-order chi connectivity index (χ1) is 11.2. The highest BCUT2D eigenvalue weighted by molar-refractivity contribution is 6.06. The lowest BCUT2D eigenvalue weighted by molar-refractivity contribution is -0.0885. The van der Waals surface area contributed by atoms with Crippen LogP contribution in [0.4, 0.5) is 0 Å². The molecule has 4 nitrogen and oxygen atoms in total. The summed E-state index contributed by atoms with van der Waals surface area (Å²) in [6.07, 6.45) is 6.63. The highest BCUT2D eigenvalue weighted by Crippen LogP contribution is 2.40. The smallest absolute Gasteiger partial charge is 0.254 e. The van der Waals surface area contributed by atoms with Gasteiger partial charge in [-0.15, -0.1) is 0 Å². The largest absolute Gasteiger partial charge is 0.389 e. The van der Waals surface area contributed by atoms with E-state index < -0.39 is 5.60 Å². The quantitative estimate of drug-likeness (QED) is 0.881. The Morgan fingerprint density at radius 2 is 2.13 bits per heavy atom. The molecule has 1 aliphatic heterocycles. The standard InChI is InChI=1S/C19H22N2O2/c22-18(16-6-3-8-17-15(16)7-4-11-20-17)21-12-10-19(23)9-2-1-5-14(19)13-21/h3-4,6-8,11,14,23H,1-2,5,9-10,12-13H2. The topological polar surface area (TPSA) is 53.4 Å². The minimum Gasteiger partial charge on any atom is -0.389 e. The van der Waals surface area contributed by atoms with Gasteiger partial charge >= 0.3 is 0 Å². The highest BCUT2D eigenvalue weighted by Gasteiger charge is 2.43. The van der Waals surface area contributed by atoms with Crippen LogP contribution < -0.4 is 0 Å². The number of carbonyl (C=O) groups is 1. The van der Waals surface area contributed by atoms with Crippen LogP contribution >= 0.6 is 0 Å². The fourth-order valence-corrected chi connectivity index (χ4v) is 4.22. The van der Waals surface area contributed by atoms with Crippen molar-refractivity contribution < 1.29 is 9.90 Å². The summed E-state index contributed by atoms with van der Waals surface area (Å²) in [4.78, 5) is 19.3. The van der Waals surface area contributed by atoms with E-state index in [1.54, 1.807) is 6.20 Å². The number of aromatic nitrogens is 1. The Balaban J connectivity index is 1.62. The summed E-state index contributed by atoms with van der Waals surface area (Å²) in [5, 5.41) is 11.7. The molecule has 1 saturated carbocycles. The zero-order valence-corrected chi connectivity index (χ0v) is 13.2. The number of nitrogens with zero attached hydrogens (tertiary/aromatic N) is 2. The number of carbonyl (C=O) groups excluding carboxylic acids is 1. The molecule has 120 valence electrons. The molecule has 1 saturated heterocycles. The maximum absolute atomic E-state index is 13.0. The van der Waals surface area contributed by atoms with Crippen molar-refractivity contribution in [2.24, 2.45) is 5.92 Å². The summed E-state index contributed by atoms with van der Waals surface area (Å²) in [6, 6.07) is 9.53. The summed E-state index contributed by atoms with van der Waals surface area (Å²) in [5.74, 6) is 0.290. The molecule has 2 aromatic rings. The minimum absolute atomic E-state index is 0.0659. The van der Waals surface area contributed by atoms with Crippen molar-refractivity contribution in [3.8, 4) is 0 Å². The van der Waals surface area contributed by atoms with E-state index in [4.69, 9.17) is 0 Å². The molecule has 4 heteroatoms. The summed E-state index contributed by atoms with van der Waals surface area (Å²) in [6.45, 7) is 1.31. The summed E-state index contributed by atoms with van der Waals surface area (Å²) < 4.78 is 0. The normalized spacial score (nSPS) is 27.7. The van der Waals surface area contributed by atoms with Gasteiger partial charge in [0, 0.05) is 36.2 Å². The molecule has 1 aromatic carbocycles. The van der Waals surface area contributed by atoms with Crippen LogP contribution in [0.3, 0.4) is 0 Å². The lowest BCUT2D eigenvalue weighted by Gasteiger charge is -2.47. The van der Waals surface area contributed by atoms with Gasteiger partial charge in [-0.1, -0.05) is 25.0 Å². The Morgan fingerprint density at radius 3 is 3.04 bits per heavy atom. The van der Waals surface area contributed by atoms with E-state index in [0.717, 1.165) is 42.1 Å². The van der Waals surface area contributed by atoms with Gasteiger partial charge in [-0.2, -0.15) is 0 Å². The number of amides is 1. The van der Waals surface area contributed by atoms with Crippen molar-refractivity contribution in [1.29, 1.82) is 0 Å². The Kier molecular flexibility index (Phi) is 3.57. The molecule has 2 unspecified atom stereocenters. The van der Waals surface area contributed by atoms with Crippen LogP contribution in [-0.2, 0) is 0 Å². The number of pyridine rings is 1. The van der Waals surface area contributed by atoms with E-state index in [9.17, 15) is 9.90 Å². The molecule has 23 heavy (non-hydrogen) atoms. The fraction of sp³-hybridized carbons (Fsp3) is 0.474. The van der Waals surface area contributed by atoms with Gasteiger partial charge < -0.3 is 10.0 Å². The Morgan fingerprint density at radius 1 is 1.22 bits per heavy atom. The summed E-state index contributed by atoms with van der Waals surface area (Å²) >= 11 is 0. The Bertz CT molecular complexity index is 740. The molecule has 4 rings (SSSR count). The molecule has 2 heterocycles. The second-order valence-electron chi connectivity index (χ2n) is 6.92. The molecule has 1 aliphatic carbocycles. The van der Waals surface area contributed by atoms with Crippen molar-refractivity contribution in [3.05, 3.63) is 42.1 Å². The molecular weight excluding hydrogens is 288 g/mol. The molecule has 1 aromatic heterocycles. The van der Waals surface area contributed by atoms with Crippen LogP contribution in [0.5, 0.6) is 0 Å². The van der Waals surface area contributed by atoms with Crippen molar-refractivity contribution >= 4 is 16.8 Å². The third-order valence-corrected chi connectivity index (χ3v) is 5.59. The average Bonchev–Trinajstić information content (AvgIpc) is 2.60. The number of likely N-dealkylation sites (tertiary alicyclic amines) is 1. The van der Waals surface area contributed by atoms with Crippen molar-refractivity contribution in [2.75, 3.05) is 13.1 Å². The Labute approximate surface area is 136 Å². The number of benzene rings is 1. The average molecular weight is 310 g/mol. The highest BCUT2D eigenvalue weighted by atomic mass is 16.3. The van der Waals surface area contributed by atoms with Gasteiger partial charge in [0.05, 0.1) is 11.1 Å². The van der Waals surface area contributed by atoms with Gasteiger partial charge in [-0.3, -0.25) is 9.78 Å². The molecule has 2 fully saturated rings. The fourth-order valence-electron chi connectivity index (χ4n) is 4.22. The second kappa shape index (κ2) is 5.60. The van der Waals surface area contributed by atoms with Crippen molar-refractivity contribution in [2.45, 2.75) is 37.7 Å². The van der Waals surface area contributed by atoms with Crippen LogP contribution in [0.1, 0.15) is 42.5 Å². The maximum atomic E-state index is 13.0. The van der Waals surface area contributed by atoms with Gasteiger partial charge in [0.25, 0.3) is 5.91 Å². The lowest BCUT2D eigenvalue weighted by atomic mass is 9.71. The molecule has 0 radical (unpaired) electrons. The van der Waals surface area contributed by atoms with E-state index in [1.807, 2.05) is 35.2 Å². The van der Waals surface area contributed by atoms with Gasteiger partial charge in [0.2, 0.25) is 0 Å². The first-order valence-corrected chi connectivity index (χ1v) is 8.53. The predicted molar refractivity (Wildman–Crippen MR) is 89.2 cm³/mol. The third kappa shape index (κ3) is 2.51. The second-order valence-corrected chi connectivity index (χ2v) is 6.92. The SMILES string of the molecule is O=C(c1cccc2ncccc12)N1CCC2(O)CCCCC2C1. The molecule has 2 atom stereocenters. The van der Waals surface area contributed by atoms with Gasteiger partial charge in [0.15, 0.2) is 0 Å². The lowest BCUT2D eigenvalue weighted by Crippen LogP contribution is -2.54. The summed E-state index contributed by atoms with van der Waals surface area (Å²) in [7, 11) is 0. The zero-order valence-electron chi connectivity index (χ0n) is 13.2. The number of fused-ring (bicyclic) bond motifs is 2. The molecule has 2 aliphatic rings. The molecule has 1 amide bonds. The van der Waals surface area contributed by atoms with Gasteiger partial charge in [-0.05, 0) is 37.5 Å². The number of hydrogen-bond donors (Lipinski definition) is 1. The van der Waals surface area contributed by atoms with E-state index in [2.05, 4.69) is 4.98 Å². The number of hydrogen-bond acceptors (Lipinski definition) is 3.